The fourth-order valence-corrected chi connectivity index (χ4v) is 4.08. The minimum Gasteiger partial charge on any atom is -0.377 e. The Bertz CT molecular complexity index is 631. The summed E-state index contributed by atoms with van der Waals surface area (Å²) in [6, 6.07) is -0.0114. The van der Waals surface area contributed by atoms with E-state index in [2.05, 4.69) is 21.7 Å². The van der Waals surface area contributed by atoms with Gasteiger partial charge >= 0.3 is 0 Å². The summed E-state index contributed by atoms with van der Waals surface area (Å²) in [5, 5.41) is 8.91. The molecule has 1 saturated carbocycles. The Hall–Kier alpha value is -1.69. The number of hydrogen-bond acceptors (Lipinski definition) is 4. The maximum absolute atomic E-state index is 12.8. The minimum absolute atomic E-state index is 0.0114. The van der Waals surface area contributed by atoms with Crippen LogP contribution in [0.2, 0.25) is 0 Å². The molecule has 0 N–H and O–H groups in total. The lowest BCUT2D eigenvalue weighted by Gasteiger charge is -2.35. The molecule has 1 atom stereocenters. The maximum atomic E-state index is 12.8. The summed E-state index contributed by atoms with van der Waals surface area (Å²) in [5.41, 5.74) is 0.882. The fraction of sp³-hybridized carbons (Fsp3) is 0.706. The van der Waals surface area contributed by atoms with Crippen LogP contribution in [0.25, 0.3) is 0 Å². The van der Waals surface area contributed by atoms with Crippen LogP contribution in [0.15, 0.2) is 11.6 Å². The first-order chi connectivity index (χ1) is 11.3. The lowest BCUT2D eigenvalue weighted by Crippen LogP contribution is -2.42. The van der Waals surface area contributed by atoms with Gasteiger partial charge in [-0.15, -0.1) is 10.2 Å². The van der Waals surface area contributed by atoms with E-state index >= 15 is 0 Å². The molecule has 3 heterocycles. The Morgan fingerprint density at radius 2 is 2.00 bits per heavy atom. The summed E-state index contributed by atoms with van der Waals surface area (Å²) < 4.78 is 7.57. The number of nitrogens with zero attached hydrogens (tertiary/aromatic N) is 4. The molecule has 0 aromatic carbocycles. The highest BCUT2D eigenvalue weighted by atomic mass is 16.5. The first-order valence-corrected chi connectivity index (χ1v) is 8.76. The second-order valence-corrected chi connectivity index (χ2v) is 6.78. The molecule has 0 spiro atoms. The van der Waals surface area contributed by atoms with Crippen LogP contribution in [-0.2, 0) is 16.1 Å². The zero-order valence-corrected chi connectivity index (χ0v) is 13.7. The van der Waals surface area contributed by atoms with Crippen molar-refractivity contribution in [3.05, 3.63) is 23.3 Å². The molecule has 4 rings (SSSR count). The van der Waals surface area contributed by atoms with Crippen molar-refractivity contribution in [3.8, 4) is 0 Å². The van der Waals surface area contributed by atoms with E-state index in [0.29, 0.717) is 25.6 Å². The smallest absolute Gasteiger partial charge is 0.250 e. The quantitative estimate of drug-likeness (QED) is 0.839. The highest BCUT2D eigenvalue weighted by Crippen LogP contribution is 2.36. The van der Waals surface area contributed by atoms with Gasteiger partial charge in [-0.1, -0.05) is 18.9 Å². The summed E-state index contributed by atoms with van der Waals surface area (Å²) in [7, 11) is 0. The van der Waals surface area contributed by atoms with Gasteiger partial charge in [0.05, 0.1) is 19.3 Å². The van der Waals surface area contributed by atoms with Gasteiger partial charge in [0, 0.05) is 31.0 Å². The van der Waals surface area contributed by atoms with Gasteiger partial charge < -0.3 is 14.2 Å². The van der Waals surface area contributed by atoms with Crippen LogP contribution in [-0.4, -0.2) is 45.3 Å². The Kier molecular flexibility index (Phi) is 3.93. The van der Waals surface area contributed by atoms with E-state index in [4.69, 9.17) is 4.74 Å². The van der Waals surface area contributed by atoms with Crippen LogP contribution in [0.4, 0.5) is 0 Å². The molecule has 1 aromatic heterocycles. The van der Waals surface area contributed by atoms with Crippen molar-refractivity contribution in [3.63, 3.8) is 0 Å². The highest BCUT2D eigenvalue weighted by Gasteiger charge is 2.34. The average Bonchev–Trinajstić information content (AvgIpc) is 3.24. The zero-order valence-electron chi connectivity index (χ0n) is 13.7. The molecule has 0 saturated heterocycles. The van der Waals surface area contributed by atoms with E-state index in [1.807, 2.05) is 11.0 Å². The zero-order chi connectivity index (χ0) is 15.8. The van der Waals surface area contributed by atoms with Crippen LogP contribution in [0.1, 0.15) is 62.6 Å². The highest BCUT2D eigenvalue weighted by molar-refractivity contribution is 5.93. The minimum atomic E-state index is -0.0114. The summed E-state index contributed by atoms with van der Waals surface area (Å²) in [4.78, 5) is 14.7. The molecule has 6 heteroatoms. The normalized spacial score (nSPS) is 25.3. The number of hydrogen-bond donors (Lipinski definition) is 0. The Morgan fingerprint density at radius 3 is 2.74 bits per heavy atom. The molecule has 1 aliphatic carbocycles. The average molecular weight is 316 g/mol. The van der Waals surface area contributed by atoms with E-state index in [0.717, 1.165) is 30.3 Å². The van der Waals surface area contributed by atoms with E-state index in [9.17, 15) is 4.79 Å². The van der Waals surface area contributed by atoms with Gasteiger partial charge in [-0.2, -0.15) is 0 Å². The number of amides is 1. The monoisotopic (exact) mass is 316 g/mol. The molecule has 0 radical (unpaired) electrons. The molecular formula is C17H24N4O2. The van der Waals surface area contributed by atoms with Crippen LogP contribution in [0.5, 0.6) is 0 Å². The molecule has 6 nitrogen and oxygen atoms in total. The number of ether oxygens (including phenoxy) is 1. The first kappa shape index (κ1) is 14.9. The van der Waals surface area contributed by atoms with Crippen molar-refractivity contribution in [1.82, 2.24) is 19.7 Å². The lowest BCUT2D eigenvalue weighted by atomic mass is 10.1. The third-order valence-electron chi connectivity index (χ3n) is 5.43. The van der Waals surface area contributed by atoms with Gasteiger partial charge in [0.2, 0.25) is 5.91 Å². The van der Waals surface area contributed by atoms with Crippen molar-refractivity contribution >= 4 is 5.91 Å². The van der Waals surface area contributed by atoms with Crippen molar-refractivity contribution in [2.24, 2.45) is 0 Å². The third-order valence-corrected chi connectivity index (χ3v) is 5.43. The SMILES string of the molecule is CC1c2nnc(C3CCCC3)n2CCN1C(=O)C1=CCOCC1. The Balaban J connectivity index is 1.56. The number of carbonyl (C=O) groups is 1. The van der Waals surface area contributed by atoms with Crippen molar-refractivity contribution < 1.29 is 9.53 Å². The van der Waals surface area contributed by atoms with Crippen LogP contribution in [0.3, 0.4) is 0 Å². The number of carbonyl (C=O) groups excluding carboxylic acids is 1. The van der Waals surface area contributed by atoms with Gasteiger partial charge in [-0.05, 0) is 19.8 Å². The molecule has 1 fully saturated rings. The topological polar surface area (TPSA) is 60.2 Å². The molecule has 1 amide bonds. The van der Waals surface area contributed by atoms with Crippen LogP contribution < -0.4 is 0 Å². The number of aromatic nitrogens is 3. The standard InChI is InChI=1S/C17H24N4O2/c1-12-15-18-19-16(13-4-2-3-5-13)21(15)9-8-20(12)17(22)14-6-10-23-11-7-14/h6,12-13H,2-5,7-11H2,1H3. The van der Waals surface area contributed by atoms with Gasteiger partial charge in [0.25, 0.3) is 0 Å². The maximum Gasteiger partial charge on any atom is 0.250 e. The molecule has 124 valence electrons. The molecule has 0 bridgehead atoms. The molecule has 3 aliphatic rings. The van der Waals surface area contributed by atoms with E-state index in [1.54, 1.807) is 0 Å². The lowest BCUT2D eigenvalue weighted by molar-refractivity contribution is -0.130. The molecular weight excluding hydrogens is 292 g/mol. The largest absolute Gasteiger partial charge is 0.377 e. The van der Waals surface area contributed by atoms with Crippen molar-refractivity contribution in [1.29, 1.82) is 0 Å². The molecule has 2 aliphatic heterocycles. The molecule has 1 unspecified atom stereocenters. The van der Waals surface area contributed by atoms with Crippen LogP contribution >= 0.6 is 0 Å². The predicted octanol–water partition coefficient (Wildman–Crippen LogP) is 2.19. The Labute approximate surface area is 136 Å². The third kappa shape index (κ3) is 2.59. The number of rotatable bonds is 2. The second-order valence-electron chi connectivity index (χ2n) is 6.78. The predicted molar refractivity (Wildman–Crippen MR) is 84.9 cm³/mol. The summed E-state index contributed by atoms with van der Waals surface area (Å²) in [6.45, 7) is 4.81. The van der Waals surface area contributed by atoms with Gasteiger partial charge in [-0.3, -0.25) is 4.79 Å². The van der Waals surface area contributed by atoms with E-state index < -0.39 is 0 Å². The molecule has 23 heavy (non-hydrogen) atoms. The van der Waals surface area contributed by atoms with E-state index in [1.165, 1.54) is 25.7 Å². The van der Waals surface area contributed by atoms with E-state index in [-0.39, 0.29) is 11.9 Å². The number of fused-ring (bicyclic) bond motifs is 1. The summed E-state index contributed by atoms with van der Waals surface area (Å²) in [5.74, 6) is 2.78. The van der Waals surface area contributed by atoms with Crippen molar-refractivity contribution in [2.45, 2.75) is 57.5 Å². The first-order valence-electron chi connectivity index (χ1n) is 8.76. The van der Waals surface area contributed by atoms with Crippen molar-refractivity contribution in [2.75, 3.05) is 19.8 Å². The second kappa shape index (κ2) is 6.07. The van der Waals surface area contributed by atoms with Gasteiger partial charge in [0.1, 0.15) is 5.82 Å². The summed E-state index contributed by atoms with van der Waals surface area (Å²) in [6.07, 6.45) is 7.67. The fourth-order valence-electron chi connectivity index (χ4n) is 4.08. The summed E-state index contributed by atoms with van der Waals surface area (Å²) >= 11 is 0. The Morgan fingerprint density at radius 1 is 1.22 bits per heavy atom. The molecule has 1 aromatic rings. The van der Waals surface area contributed by atoms with Gasteiger partial charge in [0.15, 0.2) is 5.82 Å². The van der Waals surface area contributed by atoms with Crippen LogP contribution in [0, 0.1) is 0 Å². The van der Waals surface area contributed by atoms with Gasteiger partial charge in [-0.25, -0.2) is 0 Å².